The Morgan fingerprint density at radius 1 is 1.14 bits per heavy atom. The van der Waals surface area contributed by atoms with Gasteiger partial charge in [0.15, 0.2) is 11.5 Å². The molecule has 1 aliphatic heterocycles. The zero-order valence-electron chi connectivity index (χ0n) is 12.2. The van der Waals surface area contributed by atoms with E-state index in [2.05, 4.69) is 5.32 Å². The molecule has 1 aromatic rings. The van der Waals surface area contributed by atoms with E-state index in [1.165, 1.54) is 0 Å². The monoisotopic (exact) mass is 305 g/mol. The van der Waals surface area contributed by atoms with Crippen LogP contribution in [0.4, 0.5) is 0 Å². The quantitative estimate of drug-likeness (QED) is 0.887. The molecule has 3 rings (SSSR count). The van der Waals surface area contributed by atoms with Crippen LogP contribution in [0.25, 0.3) is 0 Å². The van der Waals surface area contributed by atoms with Crippen molar-refractivity contribution in [2.24, 2.45) is 11.8 Å². The molecule has 1 aliphatic carbocycles. The fourth-order valence-electron chi connectivity index (χ4n) is 3.11. The van der Waals surface area contributed by atoms with Crippen LogP contribution in [0.1, 0.15) is 31.2 Å². The molecule has 0 aromatic heterocycles. The first-order chi connectivity index (χ1) is 10.6. The highest BCUT2D eigenvalue weighted by molar-refractivity contribution is 5.84. The molecule has 0 radical (unpaired) electrons. The summed E-state index contributed by atoms with van der Waals surface area (Å²) in [6.45, 7) is 0.575. The summed E-state index contributed by atoms with van der Waals surface area (Å²) in [4.78, 5) is 23.6. The van der Waals surface area contributed by atoms with Gasteiger partial charge in [0, 0.05) is 6.54 Å². The van der Waals surface area contributed by atoms with Crippen LogP contribution in [0.2, 0.25) is 0 Å². The van der Waals surface area contributed by atoms with Crippen LogP contribution in [0.15, 0.2) is 18.2 Å². The second-order valence-electron chi connectivity index (χ2n) is 5.74. The van der Waals surface area contributed by atoms with Crippen molar-refractivity contribution < 1.29 is 24.2 Å². The highest BCUT2D eigenvalue weighted by Crippen LogP contribution is 2.33. The Labute approximate surface area is 128 Å². The largest absolute Gasteiger partial charge is 0.481 e. The molecule has 6 nitrogen and oxygen atoms in total. The topological polar surface area (TPSA) is 84.9 Å². The van der Waals surface area contributed by atoms with Crippen molar-refractivity contribution in [1.82, 2.24) is 5.32 Å². The van der Waals surface area contributed by atoms with Crippen molar-refractivity contribution in [3.8, 4) is 11.5 Å². The van der Waals surface area contributed by atoms with Gasteiger partial charge in [0.2, 0.25) is 12.7 Å². The van der Waals surface area contributed by atoms with Gasteiger partial charge in [-0.1, -0.05) is 18.9 Å². The van der Waals surface area contributed by atoms with Gasteiger partial charge in [-0.2, -0.15) is 0 Å². The Hall–Kier alpha value is -2.24. The lowest BCUT2D eigenvalue weighted by Gasteiger charge is -2.27. The first-order valence-electron chi connectivity index (χ1n) is 7.54. The number of hydrogen-bond acceptors (Lipinski definition) is 4. The number of carboxylic acid groups (broad SMARTS) is 1. The van der Waals surface area contributed by atoms with Gasteiger partial charge in [-0.3, -0.25) is 9.59 Å². The van der Waals surface area contributed by atoms with Crippen LogP contribution in [0.3, 0.4) is 0 Å². The smallest absolute Gasteiger partial charge is 0.307 e. The molecule has 1 saturated carbocycles. The summed E-state index contributed by atoms with van der Waals surface area (Å²) in [6, 6.07) is 5.51. The molecule has 0 bridgehead atoms. The van der Waals surface area contributed by atoms with Crippen molar-refractivity contribution in [2.45, 2.75) is 32.2 Å². The molecule has 0 unspecified atom stereocenters. The van der Waals surface area contributed by atoms with Gasteiger partial charge in [-0.15, -0.1) is 0 Å². The minimum Gasteiger partial charge on any atom is -0.481 e. The van der Waals surface area contributed by atoms with Gasteiger partial charge in [-0.25, -0.2) is 0 Å². The number of rotatable bonds is 4. The molecule has 1 heterocycles. The number of benzene rings is 1. The number of aliphatic carboxylic acids is 1. The van der Waals surface area contributed by atoms with Gasteiger partial charge in [0.1, 0.15) is 0 Å². The number of carbonyl (C=O) groups is 2. The van der Waals surface area contributed by atoms with Crippen molar-refractivity contribution in [3.63, 3.8) is 0 Å². The summed E-state index contributed by atoms with van der Waals surface area (Å²) >= 11 is 0. The zero-order chi connectivity index (χ0) is 15.5. The third-order valence-electron chi connectivity index (χ3n) is 4.32. The summed E-state index contributed by atoms with van der Waals surface area (Å²) in [5, 5.41) is 12.1. The average Bonchev–Trinajstić information content (AvgIpc) is 3.00. The normalized spacial score (nSPS) is 23.1. The van der Waals surface area contributed by atoms with Crippen LogP contribution >= 0.6 is 0 Å². The summed E-state index contributed by atoms with van der Waals surface area (Å²) < 4.78 is 10.5. The predicted octanol–water partition coefficient (Wildman–Crippen LogP) is 1.92. The second-order valence-corrected chi connectivity index (χ2v) is 5.74. The Bertz CT molecular complexity index is 586. The van der Waals surface area contributed by atoms with E-state index < -0.39 is 17.8 Å². The van der Waals surface area contributed by atoms with E-state index >= 15 is 0 Å². The standard InChI is InChI=1S/C16H19NO5/c18-15(11-3-1-2-4-12(11)16(19)20)17-8-10-5-6-13-14(7-10)22-9-21-13/h5-7,11-12H,1-4,8-9H2,(H,17,18)(H,19,20)/t11-,12-/m1/s1. The SMILES string of the molecule is O=C(O)[C@@H]1CCCC[C@H]1C(=O)NCc1ccc2c(c1)OCO2. The number of ether oxygens (including phenoxy) is 2. The van der Waals surface area contributed by atoms with Gasteiger partial charge < -0.3 is 19.9 Å². The lowest BCUT2D eigenvalue weighted by Crippen LogP contribution is -2.39. The molecule has 0 saturated heterocycles. The van der Waals surface area contributed by atoms with Gasteiger partial charge in [0.25, 0.3) is 0 Å². The third kappa shape index (κ3) is 3.00. The van der Waals surface area contributed by atoms with Crippen molar-refractivity contribution in [1.29, 1.82) is 0 Å². The van der Waals surface area contributed by atoms with E-state index in [9.17, 15) is 14.7 Å². The Kier molecular flexibility index (Phi) is 4.18. The fourth-order valence-corrected chi connectivity index (χ4v) is 3.11. The maximum atomic E-state index is 12.3. The highest BCUT2D eigenvalue weighted by atomic mass is 16.7. The van der Waals surface area contributed by atoms with Gasteiger partial charge in [-0.05, 0) is 30.5 Å². The number of carboxylic acids is 1. The molecule has 6 heteroatoms. The lowest BCUT2D eigenvalue weighted by atomic mass is 9.78. The molecule has 22 heavy (non-hydrogen) atoms. The molecular weight excluding hydrogens is 286 g/mol. The van der Waals surface area contributed by atoms with Crippen molar-refractivity contribution in [2.75, 3.05) is 6.79 Å². The molecule has 1 amide bonds. The van der Waals surface area contributed by atoms with Gasteiger partial charge >= 0.3 is 5.97 Å². The number of carbonyl (C=O) groups excluding carboxylic acids is 1. The van der Waals surface area contributed by atoms with Crippen LogP contribution < -0.4 is 14.8 Å². The molecule has 1 aromatic carbocycles. The van der Waals surface area contributed by atoms with Gasteiger partial charge in [0.05, 0.1) is 11.8 Å². The first kappa shape index (κ1) is 14.7. The molecule has 2 N–H and O–H groups in total. The maximum absolute atomic E-state index is 12.3. The Morgan fingerprint density at radius 3 is 2.64 bits per heavy atom. The maximum Gasteiger partial charge on any atom is 0.307 e. The second kappa shape index (κ2) is 6.25. The van der Waals surface area contributed by atoms with Crippen molar-refractivity contribution >= 4 is 11.9 Å². The van der Waals surface area contributed by atoms with Crippen molar-refractivity contribution in [3.05, 3.63) is 23.8 Å². The lowest BCUT2D eigenvalue weighted by molar-refractivity contribution is -0.148. The van der Waals surface area contributed by atoms with E-state index in [1.807, 2.05) is 18.2 Å². The summed E-state index contributed by atoms with van der Waals surface area (Å²) in [7, 11) is 0. The molecule has 2 atom stereocenters. The predicted molar refractivity (Wildman–Crippen MR) is 77.5 cm³/mol. The van der Waals surface area contributed by atoms with Crippen LogP contribution in [0, 0.1) is 11.8 Å². The molecular formula is C16H19NO5. The number of fused-ring (bicyclic) bond motifs is 1. The fraction of sp³-hybridized carbons (Fsp3) is 0.500. The summed E-state index contributed by atoms with van der Waals surface area (Å²) in [6.07, 6.45) is 3.01. The third-order valence-corrected chi connectivity index (χ3v) is 4.32. The molecule has 118 valence electrons. The molecule has 1 fully saturated rings. The first-order valence-corrected chi connectivity index (χ1v) is 7.54. The summed E-state index contributed by atoms with van der Waals surface area (Å²) in [5.41, 5.74) is 0.903. The van der Waals surface area contributed by atoms with Crippen LogP contribution in [-0.4, -0.2) is 23.8 Å². The van der Waals surface area contributed by atoms with E-state index in [0.29, 0.717) is 30.9 Å². The highest BCUT2D eigenvalue weighted by Gasteiger charge is 2.35. The van der Waals surface area contributed by atoms with E-state index in [1.54, 1.807) is 0 Å². The molecule has 0 spiro atoms. The van der Waals surface area contributed by atoms with E-state index in [0.717, 1.165) is 18.4 Å². The van der Waals surface area contributed by atoms with E-state index in [4.69, 9.17) is 9.47 Å². The minimum atomic E-state index is -0.872. The van der Waals surface area contributed by atoms with Crippen LogP contribution in [0.5, 0.6) is 11.5 Å². The summed E-state index contributed by atoms with van der Waals surface area (Å²) in [5.74, 6) is -0.667. The minimum absolute atomic E-state index is 0.176. The number of hydrogen-bond donors (Lipinski definition) is 2. The van der Waals surface area contributed by atoms with E-state index in [-0.39, 0.29) is 12.7 Å². The number of amides is 1. The zero-order valence-corrected chi connectivity index (χ0v) is 12.2. The van der Waals surface area contributed by atoms with Crippen LogP contribution in [-0.2, 0) is 16.1 Å². The average molecular weight is 305 g/mol. The Balaban J connectivity index is 1.60. The number of nitrogens with one attached hydrogen (secondary N) is 1. The Morgan fingerprint density at radius 2 is 1.86 bits per heavy atom. The molecule has 2 aliphatic rings.